The number of rotatable bonds is 3. The van der Waals surface area contributed by atoms with E-state index < -0.39 is 0 Å². The van der Waals surface area contributed by atoms with Crippen LogP contribution in [0.15, 0.2) is 11.1 Å². The van der Waals surface area contributed by atoms with Crippen LogP contribution in [-0.4, -0.2) is 32.3 Å². The van der Waals surface area contributed by atoms with Crippen molar-refractivity contribution in [1.82, 2.24) is 14.9 Å². The molecule has 0 atom stereocenters. The van der Waals surface area contributed by atoms with Gasteiger partial charge in [-0.25, -0.2) is 9.97 Å². The molecule has 7 heteroatoms. The van der Waals surface area contributed by atoms with Gasteiger partial charge in [-0.1, -0.05) is 23.8 Å². The van der Waals surface area contributed by atoms with Crippen LogP contribution in [0.1, 0.15) is 13.8 Å². The zero-order valence-corrected chi connectivity index (χ0v) is 11.5. The third kappa shape index (κ3) is 3.77. The van der Waals surface area contributed by atoms with E-state index in [0.717, 1.165) is 17.4 Å². The Morgan fingerprint density at radius 2 is 2.12 bits per heavy atom. The maximum absolute atomic E-state index is 5.78. The van der Waals surface area contributed by atoms with Gasteiger partial charge in [0, 0.05) is 19.2 Å². The van der Waals surface area contributed by atoms with Crippen molar-refractivity contribution < 1.29 is 0 Å². The second-order valence-corrected chi connectivity index (χ2v) is 4.97. The van der Waals surface area contributed by atoms with Gasteiger partial charge in [0.2, 0.25) is 5.95 Å². The van der Waals surface area contributed by atoms with E-state index in [0.29, 0.717) is 10.2 Å². The normalized spacial score (nSPS) is 10.2. The standard InChI is InChI=1S/C9H13ClN4S2/c1-3-14(4-2)9(15)16-7-5-6(10)12-8(11)13-7/h5H,3-4H2,1-2H3,(H2,11,12,13). The minimum Gasteiger partial charge on any atom is -0.368 e. The number of halogens is 1. The lowest BCUT2D eigenvalue weighted by atomic mass is 10.6. The van der Waals surface area contributed by atoms with E-state index in [4.69, 9.17) is 29.6 Å². The van der Waals surface area contributed by atoms with E-state index in [9.17, 15) is 0 Å². The summed E-state index contributed by atoms with van der Waals surface area (Å²) in [5.74, 6) is 0.164. The van der Waals surface area contributed by atoms with Crippen molar-refractivity contribution in [2.75, 3.05) is 18.8 Å². The molecule has 0 aliphatic carbocycles. The first-order chi connectivity index (χ1) is 7.56. The Hall–Kier alpha value is -0.590. The van der Waals surface area contributed by atoms with Crippen molar-refractivity contribution in [2.45, 2.75) is 18.9 Å². The first-order valence-corrected chi connectivity index (χ1v) is 6.43. The van der Waals surface area contributed by atoms with Gasteiger partial charge in [-0.05, 0) is 25.6 Å². The molecule has 0 fully saturated rings. The minimum absolute atomic E-state index is 0.164. The first-order valence-electron chi connectivity index (χ1n) is 4.83. The first kappa shape index (κ1) is 13.5. The van der Waals surface area contributed by atoms with E-state index in [-0.39, 0.29) is 5.95 Å². The SMILES string of the molecule is CCN(CC)C(=S)Sc1cc(Cl)nc(N)n1. The van der Waals surface area contributed by atoms with Crippen LogP contribution < -0.4 is 5.73 Å². The topological polar surface area (TPSA) is 55.0 Å². The molecule has 0 radical (unpaired) electrons. The summed E-state index contributed by atoms with van der Waals surface area (Å²) in [5.41, 5.74) is 5.50. The smallest absolute Gasteiger partial charge is 0.222 e. The van der Waals surface area contributed by atoms with Gasteiger partial charge in [0.1, 0.15) is 14.5 Å². The lowest BCUT2D eigenvalue weighted by molar-refractivity contribution is 0.482. The van der Waals surface area contributed by atoms with Crippen LogP contribution in [0.3, 0.4) is 0 Å². The van der Waals surface area contributed by atoms with Gasteiger partial charge < -0.3 is 10.6 Å². The number of nitrogens with zero attached hydrogens (tertiary/aromatic N) is 3. The fourth-order valence-electron chi connectivity index (χ4n) is 1.10. The van der Waals surface area contributed by atoms with Gasteiger partial charge in [-0.15, -0.1) is 0 Å². The molecule has 0 amide bonds. The second kappa shape index (κ2) is 6.22. The molecule has 0 saturated carbocycles. The maximum Gasteiger partial charge on any atom is 0.222 e. The number of thioether (sulfide) groups is 1. The molecule has 0 spiro atoms. The summed E-state index contributed by atoms with van der Waals surface area (Å²) in [5, 5.41) is 1.01. The molecule has 0 aliphatic heterocycles. The lowest BCUT2D eigenvalue weighted by Gasteiger charge is -2.20. The summed E-state index contributed by atoms with van der Waals surface area (Å²) in [6, 6.07) is 1.65. The molecule has 0 bridgehead atoms. The van der Waals surface area contributed by atoms with E-state index in [1.807, 2.05) is 0 Å². The number of nitrogens with two attached hydrogens (primary N) is 1. The molecule has 1 aromatic heterocycles. The monoisotopic (exact) mass is 276 g/mol. The molecule has 1 aromatic rings. The molecule has 0 unspecified atom stereocenters. The molecular weight excluding hydrogens is 264 g/mol. The fourth-order valence-corrected chi connectivity index (χ4v) is 2.75. The Bertz CT molecular complexity index is 362. The lowest BCUT2D eigenvalue weighted by Crippen LogP contribution is -2.26. The zero-order chi connectivity index (χ0) is 12.1. The second-order valence-electron chi connectivity index (χ2n) is 2.93. The van der Waals surface area contributed by atoms with Crippen LogP contribution >= 0.6 is 35.6 Å². The van der Waals surface area contributed by atoms with Crippen molar-refractivity contribution in [1.29, 1.82) is 0 Å². The predicted molar refractivity (Wildman–Crippen MR) is 72.8 cm³/mol. The average Bonchev–Trinajstić information content (AvgIpc) is 2.17. The van der Waals surface area contributed by atoms with Crippen molar-refractivity contribution in [3.8, 4) is 0 Å². The quantitative estimate of drug-likeness (QED) is 0.520. The highest BCUT2D eigenvalue weighted by atomic mass is 35.5. The van der Waals surface area contributed by atoms with Gasteiger partial charge in [-0.2, -0.15) is 0 Å². The number of hydrogen-bond acceptors (Lipinski definition) is 5. The Labute approximate surface area is 110 Å². The number of thiocarbonyl (C=S) groups is 1. The number of aromatic nitrogens is 2. The molecule has 0 saturated heterocycles. The molecule has 1 heterocycles. The van der Waals surface area contributed by atoms with E-state index in [1.54, 1.807) is 6.07 Å². The summed E-state index contributed by atoms with van der Waals surface area (Å²) in [4.78, 5) is 9.91. The third-order valence-corrected chi connectivity index (χ3v) is 3.46. The Kier molecular flexibility index (Phi) is 5.24. The van der Waals surface area contributed by atoms with Crippen LogP contribution in [0, 0.1) is 0 Å². The third-order valence-electron chi connectivity index (χ3n) is 1.90. The molecule has 4 nitrogen and oxygen atoms in total. The summed E-state index contributed by atoms with van der Waals surface area (Å²) in [6.07, 6.45) is 0. The predicted octanol–water partition coefficient (Wildman–Crippen LogP) is 2.43. The van der Waals surface area contributed by atoms with Crippen LogP contribution in [0.4, 0.5) is 5.95 Å². The largest absolute Gasteiger partial charge is 0.368 e. The Morgan fingerprint density at radius 1 is 1.50 bits per heavy atom. The molecule has 88 valence electrons. The number of anilines is 1. The van der Waals surface area contributed by atoms with Crippen LogP contribution in [-0.2, 0) is 0 Å². The van der Waals surface area contributed by atoms with Crippen molar-refractivity contribution >= 4 is 45.8 Å². The van der Waals surface area contributed by atoms with Crippen LogP contribution in [0.2, 0.25) is 5.15 Å². The summed E-state index contributed by atoms with van der Waals surface area (Å²) in [7, 11) is 0. The van der Waals surface area contributed by atoms with Gasteiger partial charge in [0.15, 0.2) is 0 Å². The van der Waals surface area contributed by atoms with Gasteiger partial charge in [0.25, 0.3) is 0 Å². The average molecular weight is 277 g/mol. The molecule has 16 heavy (non-hydrogen) atoms. The molecule has 0 aromatic carbocycles. The molecule has 0 aliphatic rings. The highest BCUT2D eigenvalue weighted by molar-refractivity contribution is 8.22. The maximum atomic E-state index is 5.78. The molecule has 2 N–H and O–H groups in total. The zero-order valence-electron chi connectivity index (χ0n) is 9.11. The van der Waals surface area contributed by atoms with Crippen molar-refractivity contribution in [3.05, 3.63) is 11.2 Å². The number of nitrogen functional groups attached to an aromatic ring is 1. The van der Waals surface area contributed by atoms with Gasteiger partial charge in [-0.3, -0.25) is 0 Å². The van der Waals surface area contributed by atoms with E-state index in [2.05, 4.69) is 28.7 Å². The highest BCUT2D eigenvalue weighted by Gasteiger charge is 2.09. The van der Waals surface area contributed by atoms with Gasteiger partial charge in [0.05, 0.1) is 0 Å². The molecule has 1 rings (SSSR count). The van der Waals surface area contributed by atoms with E-state index >= 15 is 0 Å². The Balaban J connectivity index is 2.76. The molecular formula is C9H13ClN4S2. The van der Waals surface area contributed by atoms with Crippen molar-refractivity contribution in [3.63, 3.8) is 0 Å². The minimum atomic E-state index is 0.164. The number of hydrogen-bond donors (Lipinski definition) is 1. The highest BCUT2D eigenvalue weighted by Crippen LogP contribution is 2.22. The summed E-state index contributed by atoms with van der Waals surface area (Å²) >= 11 is 12.4. The fraction of sp³-hybridized carbons (Fsp3) is 0.444. The van der Waals surface area contributed by atoms with Crippen molar-refractivity contribution in [2.24, 2.45) is 0 Å². The van der Waals surface area contributed by atoms with E-state index in [1.165, 1.54) is 11.8 Å². The Morgan fingerprint density at radius 3 is 2.62 bits per heavy atom. The van der Waals surface area contributed by atoms with Crippen LogP contribution in [0.5, 0.6) is 0 Å². The van der Waals surface area contributed by atoms with Crippen LogP contribution in [0.25, 0.3) is 0 Å². The summed E-state index contributed by atoms with van der Waals surface area (Å²) in [6.45, 7) is 5.85. The van der Waals surface area contributed by atoms with Gasteiger partial charge >= 0.3 is 0 Å². The summed E-state index contributed by atoms with van der Waals surface area (Å²) < 4.78 is 0.763.